The fourth-order valence-corrected chi connectivity index (χ4v) is 3.10. The van der Waals surface area contributed by atoms with Gasteiger partial charge in [-0.15, -0.1) is 0 Å². The van der Waals surface area contributed by atoms with Gasteiger partial charge in [0.2, 0.25) is 11.8 Å². The summed E-state index contributed by atoms with van der Waals surface area (Å²) in [6, 6.07) is 5.44. The van der Waals surface area contributed by atoms with E-state index in [0.717, 1.165) is 11.5 Å². The molecule has 0 fully saturated rings. The highest BCUT2D eigenvalue weighted by molar-refractivity contribution is 5.78. The van der Waals surface area contributed by atoms with Gasteiger partial charge in [0.25, 0.3) is 0 Å². The third-order valence-corrected chi connectivity index (χ3v) is 4.65. The van der Waals surface area contributed by atoms with Gasteiger partial charge < -0.3 is 24.6 Å². The number of fused-ring (bicyclic) bond motifs is 1. The lowest BCUT2D eigenvalue weighted by atomic mass is 10.2. The lowest BCUT2D eigenvalue weighted by molar-refractivity contribution is -0.192. The van der Waals surface area contributed by atoms with E-state index in [0.29, 0.717) is 25.3 Å². The molecule has 2 aromatic heterocycles. The molecule has 0 bridgehead atoms. The zero-order chi connectivity index (χ0) is 24.6. The fraction of sp³-hybridized carbons (Fsp3) is 0.450. The summed E-state index contributed by atoms with van der Waals surface area (Å²) in [7, 11) is 1.51. The van der Waals surface area contributed by atoms with E-state index in [2.05, 4.69) is 15.3 Å². The first kappa shape index (κ1) is 25.8. The van der Waals surface area contributed by atoms with Crippen LogP contribution in [0.2, 0.25) is 0 Å². The third kappa shape index (κ3) is 7.56. The molecule has 2 N–H and O–H groups in total. The number of rotatable bonds is 6. The van der Waals surface area contributed by atoms with Crippen molar-refractivity contribution in [3.63, 3.8) is 0 Å². The minimum atomic E-state index is -5.08. The van der Waals surface area contributed by atoms with Gasteiger partial charge in [-0.25, -0.2) is 9.78 Å². The summed E-state index contributed by atoms with van der Waals surface area (Å²) in [5.41, 5.74) is 1.51. The van der Waals surface area contributed by atoms with Crippen LogP contribution in [0.5, 0.6) is 0 Å². The smallest absolute Gasteiger partial charge is 0.475 e. The molecule has 0 saturated carbocycles. The number of carboxylic acid groups (broad SMARTS) is 1. The van der Waals surface area contributed by atoms with Gasteiger partial charge in [-0.3, -0.25) is 14.6 Å². The molecule has 0 aliphatic carbocycles. The van der Waals surface area contributed by atoms with Crippen molar-refractivity contribution in [1.82, 2.24) is 24.8 Å². The molecular weight excluding hydrogens is 447 g/mol. The van der Waals surface area contributed by atoms with Crippen LogP contribution in [0.3, 0.4) is 0 Å². The summed E-state index contributed by atoms with van der Waals surface area (Å²) < 4.78 is 38.7. The highest BCUT2D eigenvalue weighted by Gasteiger charge is 2.38. The molecule has 1 atom stereocenters. The summed E-state index contributed by atoms with van der Waals surface area (Å²) in [6.07, 6.45) is -1.29. The van der Waals surface area contributed by atoms with Crippen LogP contribution in [-0.4, -0.2) is 68.8 Å². The molecule has 13 heteroatoms. The Morgan fingerprint density at radius 2 is 1.94 bits per heavy atom. The molecule has 0 radical (unpaired) electrons. The Bertz CT molecular complexity index is 965. The number of aromatic nitrogens is 3. The summed E-state index contributed by atoms with van der Waals surface area (Å²) in [5, 5.41) is 9.98. The number of aliphatic carboxylic acids is 1. The quantitative estimate of drug-likeness (QED) is 0.651. The van der Waals surface area contributed by atoms with E-state index in [9.17, 15) is 22.8 Å². The second kappa shape index (κ2) is 11.4. The van der Waals surface area contributed by atoms with Gasteiger partial charge in [-0.2, -0.15) is 13.2 Å². The predicted molar refractivity (Wildman–Crippen MR) is 108 cm³/mol. The first-order valence-electron chi connectivity index (χ1n) is 9.84. The fourth-order valence-electron chi connectivity index (χ4n) is 3.10. The van der Waals surface area contributed by atoms with Crippen molar-refractivity contribution in [1.29, 1.82) is 0 Å². The maximum absolute atomic E-state index is 12.2. The van der Waals surface area contributed by atoms with Crippen LogP contribution in [0.1, 0.15) is 30.2 Å². The number of halogens is 3. The standard InChI is InChI=1S/C18H23N5O3.C2HF3O2/c1-13-18-21-15(9-16(24)20-10-14-5-3-4-6-19-14)11-22(18)7-8-23(13)17(25)12-26-2;3-2(4,5)1(6)7/h3-6,11,13H,7-10,12H2,1-2H3,(H,20,24);(H,6,7). The number of carbonyl (C=O) groups is 3. The van der Waals surface area contributed by atoms with E-state index in [1.165, 1.54) is 7.11 Å². The van der Waals surface area contributed by atoms with Gasteiger partial charge in [0.15, 0.2) is 0 Å². The van der Waals surface area contributed by atoms with Crippen molar-refractivity contribution in [3.05, 3.63) is 47.8 Å². The van der Waals surface area contributed by atoms with Gasteiger partial charge in [0, 0.05) is 32.6 Å². The Balaban J connectivity index is 0.000000479. The van der Waals surface area contributed by atoms with E-state index < -0.39 is 12.1 Å². The Kier molecular flexibility index (Phi) is 8.91. The number of carboxylic acids is 1. The van der Waals surface area contributed by atoms with E-state index in [4.69, 9.17) is 14.6 Å². The number of hydrogen-bond acceptors (Lipinski definition) is 6. The number of imidazole rings is 1. The van der Waals surface area contributed by atoms with Crippen molar-refractivity contribution in [2.45, 2.75) is 38.7 Å². The maximum Gasteiger partial charge on any atom is 0.490 e. The average molecular weight is 471 g/mol. The first-order chi connectivity index (χ1) is 15.5. The highest BCUT2D eigenvalue weighted by Crippen LogP contribution is 2.24. The monoisotopic (exact) mass is 471 g/mol. The number of pyridine rings is 1. The van der Waals surface area contributed by atoms with Gasteiger partial charge in [0.1, 0.15) is 12.4 Å². The highest BCUT2D eigenvalue weighted by atomic mass is 19.4. The zero-order valence-electron chi connectivity index (χ0n) is 18.0. The SMILES string of the molecule is COCC(=O)N1CCn2cc(CC(=O)NCc3ccccn3)nc2C1C.O=C(O)C(F)(F)F. The Morgan fingerprint density at radius 1 is 1.24 bits per heavy atom. The van der Waals surface area contributed by atoms with E-state index in [1.807, 2.05) is 35.9 Å². The van der Waals surface area contributed by atoms with Crippen molar-refractivity contribution in [2.75, 3.05) is 20.3 Å². The molecule has 0 spiro atoms. The normalized spacial score (nSPS) is 15.2. The molecule has 2 amide bonds. The van der Waals surface area contributed by atoms with Crippen molar-refractivity contribution < 1.29 is 37.4 Å². The molecule has 33 heavy (non-hydrogen) atoms. The number of hydrogen-bond donors (Lipinski definition) is 2. The lowest BCUT2D eigenvalue weighted by Crippen LogP contribution is -2.42. The third-order valence-electron chi connectivity index (χ3n) is 4.65. The second-order valence-electron chi connectivity index (χ2n) is 7.06. The van der Waals surface area contributed by atoms with Crippen LogP contribution in [0, 0.1) is 0 Å². The molecular formula is C20H24F3N5O5. The number of nitrogens with one attached hydrogen (secondary N) is 1. The minimum Gasteiger partial charge on any atom is -0.475 e. The van der Waals surface area contributed by atoms with Gasteiger partial charge >= 0.3 is 12.1 Å². The molecule has 180 valence electrons. The van der Waals surface area contributed by atoms with Gasteiger partial charge in [-0.05, 0) is 19.1 Å². The summed E-state index contributed by atoms with van der Waals surface area (Å²) >= 11 is 0. The number of carbonyl (C=O) groups excluding carboxylic acids is 2. The number of ether oxygens (including phenoxy) is 1. The number of methoxy groups -OCH3 is 1. The number of nitrogens with zero attached hydrogens (tertiary/aromatic N) is 4. The average Bonchev–Trinajstić information content (AvgIpc) is 3.16. The van der Waals surface area contributed by atoms with Crippen LogP contribution >= 0.6 is 0 Å². The molecule has 3 rings (SSSR count). The molecule has 3 heterocycles. The van der Waals surface area contributed by atoms with Crippen LogP contribution in [-0.2, 0) is 38.6 Å². The lowest BCUT2D eigenvalue weighted by Gasteiger charge is -2.33. The van der Waals surface area contributed by atoms with E-state index >= 15 is 0 Å². The number of amides is 2. The maximum atomic E-state index is 12.2. The van der Waals surface area contributed by atoms with Crippen LogP contribution in [0.15, 0.2) is 30.6 Å². The predicted octanol–water partition coefficient (Wildman–Crippen LogP) is 1.32. The summed E-state index contributed by atoms with van der Waals surface area (Å²) in [5.74, 6) is -2.12. The van der Waals surface area contributed by atoms with Crippen molar-refractivity contribution in [2.24, 2.45) is 0 Å². The molecule has 1 unspecified atom stereocenters. The summed E-state index contributed by atoms with van der Waals surface area (Å²) in [6.45, 7) is 3.67. The van der Waals surface area contributed by atoms with Crippen LogP contribution in [0.4, 0.5) is 13.2 Å². The Labute approximate surface area is 187 Å². The topological polar surface area (TPSA) is 127 Å². The Hall–Kier alpha value is -3.48. The van der Waals surface area contributed by atoms with E-state index in [1.54, 1.807) is 11.1 Å². The van der Waals surface area contributed by atoms with Gasteiger partial charge in [0.05, 0.1) is 30.4 Å². The van der Waals surface area contributed by atoms with E-state index in [-0.39, 0.29) is 30.9 Å². The molecule has 2 aromatic rings. The minimum absolute atomic E-state index is 0.0519. The van der Waals surface area contributed by atoms with Crippen molar-refractivity contribution >= 4 is 17.8 Å². The largest absolute Gasteiger partial charge is 0.490 e. The molecule has 0 saturated heterocycles. The van der Waals surface area contributed by atoms with Crippen LogP contribution < -0.4 is 5.32 Å². The van der Waals surface area contributed by atoms with Crippen LogP contribution in [0.25, 0.3) is 0 Å². The molecule has 1 aliphatic rings. The Morgan fingerprint density at radius 3 is 2.52 bits per heavy atom. The summed E-state index contributed by atoms with van der Waals surface area (Å²) in [4.78, 5) is 43.7. The molecule has 10 nitrogen and oxygen atoms in total. The first-order valence-corrected chi connectivity index (χ1v) is 9.84. The van der Waals surface area contributed by atoms with Crippen molar-refractivity contribution in [3.8, 4) is 0 Å². The zero-order valence-corrected chi connectivity index (χ0v) is 18.0. The molecule has 0 aromatic carbocycles. The second-order valence-corrected chi connectivity index (χ2v) is 7.06. The molecule has 1 aliphatic heterocycles. The number of alkyl halides is 3. The van der Waals surface area contributed by atoms with Gasteiger partial charge in [-0.1, -0.05) is 6.07 Å².